The van der Waals surface area contributed by atoms with Crippen LogP contribution in [0.5, 0.6) is 0 Å². The zero-order chi connectivity index (χ0) is 13.9. The second-order valence-corrected chi connectivity index (χ2v) is 6.19. The molecule has 0 aromatic carbocycles. The number of carbonyl (C=O) groups excluding carboxylic acids is 1. The van der Waals surface area contributed by atoms with E-state index in [1.54, 1.807) is 4.90 Å². The Hall–Kier alpha value is -1.17. The zero-order valence-corrected chi connectivity index (χ0v) is 12.1. The first-order chi connectivity index (χ1) is 7.49. The molecule has 0 rings (SSSR count). The summed E-state index contributed by atoms with van der Waals surface area (Å²) in [5, 5.41) is 0. The molecule has 3 heteroatoms. The molecule has 0 aliphatic carbocycles. The molecule has 0 aromatic rings. The molecule has 0 aromatic heterocycles. The van der Waals surface area contributed by atoms with Crippen LogP contribution in [0.1, 0.15) is 48.5 Å². The van der Waals surface area contributed by atoms with E-state index in [1.165, 1.54) is 0 Å². The van der Waals surface area contributed by atoms with Gasteiger partial charge < -0.3 is 4.74 Å². The van der Waals surface area contributed by atoms with Gasteiger partial charge in [-0.15, -0.1) is 6.42 Å². The van der Waals surface area contributed by atoms with Gasteiger partial charge in [0, 0.05) is 6.54 Å². The first-order valence-electron chi connectivity index (χ1n) is 5.98. The molecule has 0 fully saturated rings. The standard InChI is InChI=1S/C14H25NO2/c1-9-14(7,8)15(10-11(2)3)12(16)17-13(4,5)6/h1,11H,10H2,2-8H3. The summed E-state index contributed by atoms with van der Waals surface area (Å²) in [6.07, 6.45) is 5.13. The molecule has 0 radical (unpaired) electrons. The summed E-state index contributed by atoms with van der Waals surface area (Å²) in [4.78, 5) is 13.7. The van der Waals surface area contributed by atoms with Gasteiger partial charge in [0.1, 0.15) is 11.1 Å². The van der Waals surface area contributed by atoms with Crippen LogP contribution in [-0.4, -0.2) is 28.7 Å². The molecule has 0 saturated heterocycles. The Morgan fingerprint density at radius 2 is 1.76 bits per heavy atom. The minimum Gasteiger partial charge on any atom is -0.444 e. The molecule has 0 unspecified atom stereocenters. The minimum atomic E-state index is -0.632. The lowest BCUT2D eigenvalue weighted by Gasteiger charge is -2.36. The Bertz CT molecular complexity index is 305. The van der Waals surface area contributed by atoms with Gasteiger partial charge in [0.25, 0.3) is 0 Å². The number of carbonyl (C=O) groups is 1. The van der Waals surface area contributed by atoms with Crippen LogP contribution in [0.2, 0.25) is 0 Å². The summed E-state index contributed by atoms with van der Waals surface area (Å²) in [6.45, 7) is 13.9. The van der Waals surface area contributed by atoms with E-state index in [1.807, 2.05) is 48.5 Å². The summed E-state index contributed by atoms with van der Waals surface area (Å²) in [7, 11) is 0. The van der Waals surface area contributed by atoms with Crippen molar-refractivity contribution < 1.29 is 9.53 Å². The third-order valence-electron chi connectivity index (χ3n) is 2.19. The van der Waals surface area contributed by atoms with Crippen molar-refractivity contribution in [3.8, 4) is 12.3 Å². The van der Waals surface area contributed by atoms with Crippen molar-refractivity contribution in [2.75, 3.05) is 6.54 Å². The average Bonchev–Trinajstić information content (AvgIpc) is 2.10. The lowest BCUT2D eigenvalue weighted by atomic mass is 10.0. The van der Waals surface area contributed by atoms with Crippen LogP contribution in [0.4, 0.5) is 4.79 Å². The van der Waals surface area contributed by atoms with Crippen molar-refractivity contribution in [3.63, 3.8) is 0 Å². The largest absolute Gasteiger partial charge is 0.444 e. The second kappa shape index (κ2) is 5.44. The van der Waals surface area contributed by atoms with Crippen molar-refractivity contribution >= 4 is 6.09 Å². The van der Waals surface area contributed by atoms with Crippen molar-refractivity contribution in [2.45, 2.75) is 59.6 Å². The Balaban J connectivity index is 4.95. The maximum atomic E-state index is 12.1. The fraction of sp³-hybridized carbons (Fsp3) is 0.786. The minimum absolute atomic E-state index is 0.343. The first kappa shape index (κ1) is 15.8. The Kier molecular flexibility index (Phi) is 5.07. The highest BCUT2D eigenvalue weighted by atomic mass is 16.6. The van der Waals surface area contributed by atoms with Crippen molar-refractivity contribution in [1.82, 2.24) is 4.90 Å². The van der Waals surface area contributed by atoms with E-state index in [2.05, 4.69) is 5.92 Å². The van der Waals surface area contributed by atoms with Crippen molar-refractivity contribution in [2.24, 2.45) is 5.92 Å². The van der Waals surface area contributed by atoms with E-state index in [9.17, 15) is 4.79 Å². The van der Waals surface area contributed by atoms with Gasteiger partial charge in [-0.2, -0.15) is 0 Å². The molecule has 0 heterocycles. The fourth-order valence-electron chi connectivity index (χ4n) is 1.29. The molecule has 0 aliphatic heterocycles. The molecule has 98 valence electrons. The third-order valence-corrected chi connectivity index (χ3v) is 2.19. The Morgan fingerprint density at radius 1 is 1.29 bits per heavy atom. The molecule has 3 nitrogen and oxygen atoms in total. The third kappa shape index (κ3) is 5.63. The van der Waals surface area contributed by atoms with Gasteiger partial charge in [0.05, 0.1) is 0 Å². The molecule has 17 heavy (non-hydrogen) atoms. The van der Waals surface area contributed by atoms with E-state index < -0.39 is 11.1 Å². The summed E-state index contributed by atoms with van der Waals surface area (Å²) in [6, 6.07) is 0. The number of hydrogen-bond donors (Lipinski definition) is 0. The van der Waals surface area contributed by atoms with Gasteiger partial charge >= 0.3 is 6.09 Å². The van der Waals surface area contributed by atoms with Gasteiger partial charge in [-0.25, -0.2) is 4.79 Å². The number of ether oxygens (including phenoxy) is 1. The van der Waals surface area contributed by atoms with Crippen LogP contribution >= 0.6 is 0 Å². The summed E-state index contributed by atoms with van der Waals surface area (Å²) in [5.74, 6) is 2.98. The Morgan fingerprint density at radius 3 is 2.06 bits per heavy atom. The second-order valence-electron chi connectivity index (χ2n) is 6.19. The number of rotatable bonds is 3. The van der Waals surface area contributed by atoms with E-state index in [-0.39, 0.29) is 6.09 Å². The van der Waals surface area contributed by atoms with Gasteiger partial charge in [-0.3, -0.25) is 4.90 Å². The highest BCUT2D eigenvalue weighted by Crippen LogP contribution is 2.19. The zero-order valence-electron chi connectivity index (χ0n) is 12.1. The highest BCUT2D eigenvalue weighted by molar-refractivity contribution is 5.69. The summed E-state index contributed by atoms with van der Waals surface area (Å²) < 4.78 is 5.38. The van der Waals surface area contributed by atoms with Gasteiger partial charge in [0.15, 0.2) is 0 Å². The topological polar surface area (TPSA) is 29.5 Å². The maximum absolute atomic E-state index is 12.1. The summed E-state index contributed by atoms with van der Waals surface area (Å²) >= 11 is 0. The van der Waals surface area contributed by atoms with Crippen LogP contribution in [0, 0.1) is 18.3 Å². The lowest BCUT2D eigenvalue weighted by Crippen LogP contribution is -2.50. The molecule has 1 amide bonds. The molecule has 0 bridgehead atoms. The molecule has 0 atom stereocenters. The van der Waals surface area contributed by atoms with E-state index in [4.69, 9.17) is 11.2 Å². The summed E-state index contributed by atoms with van der Waals surface area (Å²) in [5.41, 5.74) is -1.14. The predicted octanol–water partition coefficient (Wildman–Crippen LogP) is 3.29. The number of nitrogens with zero attached hydrogens (tertiary/aromatic N) is 1. The van der Waals surface area contributed by atoms with E-state index in [0.717, 1.165) is 0 Å². The molecule has 0 spiro atoms. The first-order valence-corrected chi connectivity index (χ1v) is 5.98. The van der Waals surface area contributed by atoms with Gasteiger partial charge in [-0.1, -0.05) is 19.8 Å². The SMILES string of the molecule is C#CC(C)(C)N(CC(C)C)C(=O)OC(C)(C)C. The molecule has 0 aliphatic rings. The van der Waals surface area contributed by atoms with Gasteiger partial charge in [0.2, 0.25) is 0 Å². The molecular formula is C14H25NO2. The number of hydrogen-bond acceptors (Lipinski definition) is 2. The normalized spacial score (nSPS) is 12.2. The molecular weight excluding hydrogens is 214 g/mol. The van der Waals surface area contributed by atoms with Gasteiger partial charge in [-0.05, 0) is 40.5 Å². The number of amides is 1. The highest BCUT2D eigenvalue weighted by Gasteiger charge is 2.32. The van der Waals surface area contributed by atoms with Crippen LogP contribution in [0.25, 0.3) is 0 Å². The predicted molar refractivity (Wildman–Crippen MR) is 70.7 cm³/mol. The van der Waals surface area contributed by atoms with E-state index >= 15 is 0 Å². The van der Waals surface area contributed by atoms with Crippen molar-refractivity contribution in [3.05, 3.63) is 0 Å². The van der Waals surface area contributed by atoms with Crippen LogP contribution < -0.4 is 0 Å². The smallest absolute Gasteiger partial charge is 0.411 e. The van der Waals surface area contributed by atoms with Crippen LogP contribution in [0.15, 0.2) is 0 Å². The van der Waals surface area contributed by atoms with Crippen LogP contribution in [-0.2, 0) is 4.74 Å². The van der Waals surface area contributed by atoms with Crippen LogP contribution in [0.3, 0.4) is 0 Å². The Labute approximate surface area is 106 Å². The van der Waals surface area contributed by atoms with E-state index in [0.29, 0.717) is 12.5 Å². The monoisotopic (exact) mass is 239 g/mol. The molecule has 0 N–H and O–H groups in total. The lowest BCUT2D eigenvalue weighted by molar-refractivity contribution is 0.00889. The molecule has 0 saturated carbocycles. The quantitative estimate of drug-likeness (QED) is 0.707. The average molecular weight is 239 g/mol. The maximum Gasteiger partial charge on any atom is 0.411 e. The number of terminal acetylenes is 1. The van der Waals surface area contributed by atoms with Crippen molar-refractivity contribution in [1.29, 1.82) is 0 Å². The fourth-order valence-corrected chi connectivity index (χ4v) is 1.29.